The van der Waals surface area contributed by atoms with Crippen LogP contribution in [0, 0.1) is 0 Å². The van der Waals surface area contributed by atoms with E-state index in [-0.39, 0.29) is 5.69 Å². The minimum absolute atomic E-state index is 0.160. The molecular formula is C9H15N3O. The van der Waals surface area contributed by atoms with Gasteiger partial charge in [0, 0.05) is 18.9 Å². The summed E-state index contributed by atoms with van der Waals surface area (Å²) in [5.74, 6) is 0. The fourth-order valence-corrected chi connectivity index (χ4v) is 1.14. The van der Waals surface area contributed by atoms with Crippen molar-refractivity contribution in [2.45, 2.75) is 19.4 Å². The molecule has 0 atom stereocenters. The van der Waals surface area contributed by atoms with Gasteiger partial charge in [-0.05, 0) is 32.5 Å². The second kappa shape index (κ2) is 5.48. The second-order valence-corrected chi connectivity index (χ2v) is 2.91. The molecule has 0 aliphatic heterocycles. The van der Waals surface area contributed by atoms with E-state index in [1.54, 1.807) is 16.8 Å². The molecule has 4 nitrogen and oxygen atoms in total. The molecular weight excluding hydrogens is 166 g/mol. The Bertz CT molecular complexity index is 295. The van der Waals surface area contributed by atoms with Gasteiger partial charge in [0.05, 0.1) is 0 Å². The fourth-order valence-electron chi connectivity index (χ4n) is 1.14. The van der Waals surface area contributed by atoms with Crippen LogP contribution in [0.4, 0.5) is 0 Å². The Kier molecular flexibility index (Phi) is 4.18. The predicted molar refractivity (Wildman–Crippen MR) is 51.7 cm³/mol. The van der Waals surface area contributed by atoms with E-state index in [0.717, 1.165) is 25.9 Å². The van der Waals surface area contributed by atoms with Crippen molar-refractivity contribution in [1.82, 2.24) is 14.9 Å². The minimum Gasteiger partial charge on any atom is -0.320 e. The molecule has 0 bridgehead atoms. The molecule has 1 rings (SSSR count). The zero-order valence-electron chi connectivity index (χ0n) is 7.86. The predicted octanol–water partition coefficient (Wildman–Crippen LogP) is 0.243. The molecule has 72 valence electrons. The SMILES string of the molecule is CNCCCCn1cccnc1=O. The van der Waals surface area contributed by atoms with Gasteiger partial charge >= 0.3 is 5.69 Å². The summed E-state index contributed by atoms with van der Waals surface area (Å²) in [6.45, 7) is 1.75. The van der Waals surface area contributed by atoms with Gasteiger partial charge in [-0.1, -0.05) is 0 Å². The first-order chi connectivity index (χ1) is 6.34. The normalized spacial score (nSPS) is 10.2. The molecule has 0 aliphatic rings. The van der Waals surface area contributed by atoms with E-state index >= 15 is 0 Å². The molecule has 0 radical (unpaired) electrons. The standard InChI is InChI=1S/C9H15N3O/c1-10-5-2-3-7-12-8-4-6-11-9(12)13/h4,6,8,10H,2-3,5,7H2,1H3. The first kappa shape index (κ1) is 9.92. The summed E-state index contributed by atoms with van der Waals surface area (Å²) in [5.41, 5.74) is -0.160. The highest BCUT2D eigenvalue weighted by atomic mass is 16.1. The maximum absolute atomic E-state index is 11.1. The quantitative estimate of drug-likeness (QED) is 0.662. The van der Waals surface area contributed by atoms with E-state index in [2.05, 4.69) is 10.3 Å². The zero-order chi connectivity index (χ0) is 9.52. The Labute approximate surface area is 77.6 Å². The van der Waals surface area contributed by atoms with E-state index in [1.165, 1.54) is 6.20 Å². The monoisotopic (exact) mass is 181 g/mol. The van der Waals surface area contributed by atoms with Gasteiger partial charge in [0.2, 0.25) is 0 Å². The third-order valence-electron chi connectivity index (χ3n) is 1.86. The minimum atomic E-state index is -0.160. The molecule has 0 spiro atoms. The number of rotatable bonds is 5. The summed E-state index contributed by atoms with van der Waals surface area (Å²) in [7, 11) is 1.93. The van der Waals surface area contributed by atoms with Crippen molar-refractivity contribution in [2.75, 3.05) is 13.6 Å². The van der Waals surface area contributed by atoms with Gasteiger partial charge in [-0.3, -0.25) is 4.57 Å². The van der Waals surface area contributed by atoms with Crippen LogP contribution in [0.25, 0.3) is 0 Å². The van der Waals surface area contributed by atoms with Gasteiger partial charge in [0.25, 0.3) is 0 Å². The third-order valence-corrected chi connectivity index (χ3v) is 1.86. The van der Waals surface area contributed by atoms with Crippen molar-refractivity contribution in [2.24, 2.45) is 0 Å². The lowest BCUT2D eigenvalue weighted by Gasteiger charge is -2.03. The molecule has 13 heavy (non-hydrogen) atoms. The lowest BCUT2D eigenvalue weighted by atomic mass is 10.3. The smallest absolute Gasteiger partial charge is 0.320 e. The van der Waals surface area contributed by atoms with Crippen LogP contribution in [0.1, 0.15) is 12.8 Å². The van der Waals surface area contributed by atoms with Crippen LogP contribution < -0.4 is 11.0 Å². The van der Waals surface area contributed by atoms with Crippen molar-refractivity contribution >= 4 is 0 Å². The summed E-state index contributed by atoms with van der Waals surface area (Å²) in [6, 6.07) is 1.78. The van der Waals surface area contributed by atoms with Gasteiger partial charge in [0.15, 0.2) is 0 Å². The Hall–Kier alpha value is -1.16. The Morgan fingerprint density at radius 2 is 2.38 bits per heavy atom. The van der Waals surface area contributed by atoms with Crippen LogP contribution in [0.5, 0.6) is 0 Å². The average Bonchev–Trinajstić information content (AvgIpc) is 2.15. The molecule has 0 amide bonds. The lowest BCUT2D eigenvalue weighted by Crippen LogP contribution is -2.21. The second-order valence-electron chi connectivity index (χ2n) is 2.91. The van der Waals surface area contributed by atoms with E-state index in [1.807, 2.05) is 7.05 Å². The number of hydrogen-bond acceptors (Lipinski definition) is 3. The van der Waals surface area contributed by atoms with Crippen LogP contribution in [-0.4, -0.2) is 23.1 Å². The van der Waals surface area contributed by atoms with Crippen molar-refractivity contribution < 1.29 is 0 Å². The van der Waals surface area contributed by atoms with E-state index in [9.17, 15) is 4.79 Å². The third kappa shape index (κ3) is 3.38. The Morgan fingerprint density at radius 1 is 1.54 bits per heavy atom. The van der Waals surface area contributed by atoms with Crippen LogP contribution in [-0.2, 0) is 6.54 Å². The molecule has 0 aliphatic carbocycles. The van der Waals surface area contributed by atoms with Gasteiger partial charge in [-0.15, -0.1) is 0 Å². The highest BCUT2D eigenvalue weighted by Gasteiger charge is 1.93. The van der Waals surface area contributed by atoms with Crippen molar-refractivity contribution in [3.8, 4) is 0 Å². The highest BCUT2D eigenvalue weighted by Crippen LogP contribution is 1.90. The number of hydrogen-bond donors (Lipinski definition) is 1. The number of aromatic nitrogens is 2. The number of nitrogens with one attached hydrogen (secondary N) is 1. The van der Waals surface area contributed by atoms with Crippen molar-refractivity contribution in [3.63, 3.8) is 0 Å². The summed E-state index contributed by atoms with van der Waals surface area (Å²) >= 11 is 0. The van der Waals surface area contributed by atoms with Crippen LogP contribution in [0.2, 0.25) is 0 Å². The number of unbranched alkanes of at least 4 members (excludes halogenated alkanes) is 1. The lowest BCUT2D eigenvalue weighted by molar-refractivity contribution is 0.569. The molecule has 0 fully saturated rings. The van der Waals surface area contributed by atoms with Gasteiger partial charge in [-0.25, -0.2) is 9.78 Å². The van der Waals surface area contributed by atoms with Crippen molar-refractivity contribution in [1.29, 1.82) is 0 Å². The first-order valence-electron chi connectivity index (χ1n) is 4.50. The molecule has 1 aromatic heterocycles. The number of nitrogens with zero attached hydrogens (tertiary/aromatic N) is 2. The Morgan fingerprint density at radius 3 is 3.08 bits per heavy atom. The molecule has 0 saturated heterocycles. The maximum Gasteiger partial charge on any atom is 0.347 e. The number of aryl methyl sites for hydroxylation is 1. The largest absolute Gasteiger partial charge is 0.347 e. The van der Waals surface area contributed by atoms with Gasteiger partial charge < -0.3 is 5.32 Å². The van der Waals surface area contributed by atoms with Gasteiger partial charge in [-0.2, -0.15) is 0 Å². The molecule has 0 unspecified atom stereocenters. The van der Waals surface area contributed by atoms with E-state index in [0.29, 0.717) is 0 Å². The fraction of sp³-hybridized carbons (Fsp3) is 0.556. The van der Waals surface area contributed by atoms with E-state index < -0.39 is 0 Å². The summed E-state index contributed by atoms with van der Waals surface area (Å²) in [6.07, 6.45) is 5.38. The maximum atomic E-state index is 11.1. The highest BCUT2D eigenvalue weighted by molar-refractivity contribution is 4.80. The first-order valence-corrected chi connectivity index (χ1v) is 4.50. The summed E-state index contributed by atoms with van der Waals surface area (Å²) in [4.78, 5) is 14.8. The molecule has 4 heteroatoms. The van der Waals surface area contributed by atoms with Crippen molar-refractivity contribution in [3.05, 3.63) is 28.9 Å². The van der Waals surface area contributed by atoms with Gasteiger partial charge in [0.1, 0.15) is 0 Å². The summed E-state index contributed by atoms with van der Waals surface area (Å²) < 4.78 is 1.63. The van der Waals surface area contributed by atoms with E-state index in [4.69, 9.17) is 0 Å². The zero-order valence-corrected chi connectivity index (χ0v) is 7.86. The molecule has 0 saturated carbocycles. The Balaban J connectivity index is 2.37. The van der Waals surface area contributed by atoms with Crippen LogP contribution >= 0.6 is 0 Å². The van der Waals surface area contributed by atoms with Crippen LogP contribution in [0.3, 0.4) is 0 Å². The molecule has 1 N–H and O–H groups in total. The molecule has 1 heterocycles. The summed E-state index contributed by atoms with van der Waals surface area (Å²) in [5, 5.41) is 3.07. The average molecular weight is 181 g/mol. The molecule has 1 aromatic rings. The molecule has 0 aromatic carbocycles. The van der Waals surface area contributed by atoms with Crippen LogP contribution in [0.15, 0.2) is 23.3 Å². The topological polar surface area (TPSA) is 46.9 Å².